The maximum Gasteiger partial charge on any atom is 0.259 e. The summed E-state index contributed by atoms with van der Waals surface area (Å²) in [4.78, 5) is 37.0. The third kappa shape index (κ3) is 3.78. The van der Waals surface area contributed by atoms with E-state index in [1.165, 1.54) is 10.6 Å². The fraction of sp³-hybridized carbons (Fsp3) is 0.148. The number of hydrogen-bond donors (Lipinski definition) is 0. The number of benzene rings is 2. The number of pyridine rings is 2. The third-order valence-electron chi connectivity index (χ3n) is 6.30. The summed E-state index contributed by atoms with van der Waals surface area (Å²) in [6, 6.07) is 20.5. The molecule has 0 unspecified atom stereocenters. The largest absolute Gasteiger partial charge is 0.334 e. The Labute approximate surface area is 200 Å². The molecule has 0 bridgehead atoms. The predicted octanol–water partition coefficient (Wildman–Crippen LogP) is 4.09. The van der Waals surface area contributed by atoms with E-state index in [4.69, 9.17) is 4.52 Å². The molecule has 6 rings (SSSR count). The minimum absolute atomic E-state index is 0.0568. The number of nitrogens with zero attached hydrogens (tertiary/aromatic N) is 5. The molecule has 8 heteroatoms. The minimum atomic E-state index is -0.307. The van der Waals surface area contributed by atoms with E-state index in [0.29, 0.717) is 29.0 Å². The van der Waals surface area contributed by atoms with Crippen molar-refractivity contribution < 1.29 is 9.32 Å². The first-order chi connectivity index (χ1) is 17.2. The molecule has 0 atom stereocenters. The maximum atomic E-state index is 13.4. The van der Waals surface area contributed by atoms with Crippen LogP contribution in [0.4, 0.5) is 5.69 Å². The standard InChI is InChI=1S/C27H21N5O3/c33-24-15-21(27-29-26(30-35-27)19-8-5-13-28-16-19)20-10-2-4-12-23(20)32(24)17-25(34)31-14-6-9-18-7-1-3-11-22(18)31/h1-5,7-8,10-13,15-16H,6,9,14,17H2. The molecular formula is C27H21N5O3. The molecule has 3 aromatic heterocycles. The van der Waals surface area contributed by atoms with Crippen molar-refractivity contribution in [2.75, 3.05) is 11.4 Å². The Bertz CT molecular complexity index is 1610. The lowest BCUT2D eigenvalue weighted by atomic mass is 10.0. The molecule has 0 radical (unpaired) electrons. The molecule has 1 amide bonds. The number of fused-ring (bicyclic) bond motifs is 2. The van der Waals surface area contributed by atoms with Gasteiger partial charge in [0.05, 0.1) is 11.1 Å². The van der Waals surface area contributed by atoms with Crippen LogP contribution in [0.3, 0.4) is 0 Å². The van der Waals surface area contributed by atoms with Crippen molar-refractivity contribution in [3.63, 3.8) is 0 Å². The Morgan fingerprint density at radius 1 is 1.03 bits per heavy atom. The van der Waals surface area contributed by atoms with Gasteiger partial charge in [-0.3, -0.25) is 19.1 Å². The van der Waals surface area contributed by atoms with Crippen LogP contribution in [0.1, 0.15) is 12.0 Å². The van der Waals surface area contributed by atoms with Crippen molar-refractivity contribution in [3.8, 4) is 22.8 Å². The lowest BCUT2D eigenvalue weighted by molar-refractivity contribution is -0.119. The van der Waals surface area contributed by atoms with Crippen molar-refractivity contribution in [1.29, 1.82) is 0 Å². The molecule has 5 aromatic rings. The number of aryl methyl sites for hydroxylation is 1. The van der Waals surface area contributed by atoms with Gasteiger partial charge in [-0.1, -0.05) is 41.6 Å². The molecule has 0 aliphatic carbocycles. The van der Waals surface area contributed by atoms with Gasteiger partial charge in [-0.2, -0.15) is 4.98 Å². The van der Waals surface area contributed by atoms with Gasteiger partial charge in [-0.15, -0.1) is 0 Å². The SMILES string of the molecule is O=C(Cn1c(=O)cc(-c2nc(-c3cccnc3)no2)c2ccccc21)N1CCCc2ccccc21. The molecule has 0 N–H and O–H groups in total. The third-order valence-corrected chi connectivity index (χ3v) is 6.30. The van der Waals surface area contributed by atoms with E-state index < -0.39 is 0 Å². The first-order valence-electron chi connectivity index (χ1n) is 11.4. The summed E-state index contributed by atoms with van der Waals surface area (Å²) in [5, 5.41) is 4.81. The Morgan fingerprint density at radius 3 is 2.77 bits per heavy atom. The van der Waals surface area contributed by atoms with E-state index in [1.807, 2.05) is 48.5 Å². The topological polar surface area (TPSA) is 94.1 Å². The number of rotatable bonds is 4. The van der Waals surface area contributed by atoms with Crippen LogP contribution in [0.5, 0.6) is 0 Å². The van der Waals surface area contributed by atoms with Gasteiger partial charge in [0.15, 0.2) is 0 Å². The second kappa shape index (κ2) is 8.64. The molecule has 1 aliphatic heterocycles. The van der Waals surface area contributed by atoms with Gasteiger partial charge in [-0.05, 0) is 42.7 Å². The number of carbonyl (C=O) groups excluding carboxylic acids is 1. The van der Waals surface area contributed by atoms with Gasteiger partial charge in [-0.25, -0.2) is 0 Å². The number of hydrogen-bond acceptors (Lipinski definition) is 6. The maximum absolute atomic E-state index is 13.4. The van der Waals surface area contributed by atoms with Gasteiger partial charge < -0.3 is 9.42 Å². The van der Waals surface area contributed by atoms with Crippen LogP contribution in [0, 0.1) is 0 Å². The molecule has 0 spiro atoms. The monoisotopic (exact) mass is 463 g/mol. The second-order valence-electron chi connectivity index (χ2n) is 8.44. The summed E-state index contributed by atoms with van der Waals surface area (Å²) in [5.41, 5.74) is 3.65. The molecule has 4 heterocycles. The van der Waals surface area contributed by atoms with Crippen molar-refractivity contribution >= 4 is 22.5 Å². The first kappa shape index (κ1) is 21.0. The summed E-state index contributed by atoms with van der Waals surface area (Å²) in [6.07, 6.45) is 5.16. The fourth-order valence-electron chi connectivity index (χ4n) is 4.63. The summed E-state index contributed by atoms with van der Waals surface area (Å²) in [5.74, 6) is 0.509. The smallest absolute Gasteiger partial charge is 0.259 e. The highest BCUT2D eigenvalue weighted by molar-refractivity contribution is 5.97. The molecular weight excluding hydrogens is 442 g/mol. The van der Waals surface area contributed by atoms with Crippen LogP contribution in [0.2, 0.25) is 0 Å². The summed E-state index contributed by atoms with van der Waals surface area (Å²) in [6.45, 7) is 0.582. The first-order valence-corrected chi connectivity index (χ1v) is 11.4. The lowest BCUT2D eigenvalue weighted by Crippen LogP contribution is -2.39. The van der Waals surface area contributed by atoms with Gasteiger partial charge in [0.1, 0.15) is 6.54 Å². The Morgan fingerprint density at radius 2 is 1.89 bits per heavy atom. The van der Waals surface area contributed by atoms with Crippen LogP contribution in [0.25, 0.3) is 33.7 Å². The van der Waals surface area contributed by atoms with E-state index in [9.17, 15) is 9.59 Å². The van der Waals surface area contributed by atoms with E-state index in [-0.39, 0.29) is 23.9 Å². The van der Waals surface area contributed by atoms with E-state index in [0.717, 1.165) is 29.5 Å². The Balaban J connectivity index is 1.39. The summed E-state index contributed by atoms with van der Waals surface area (Å²) in [7, 11) is 0. The zero-order valence-corrected chi connectivity index (χ0v) is 18.8. The molecule has 0 saturated carbocycles. The molecule has 8 nitrogen and oxygen atoms in total. The molecule has 35 heavy (non-hydrogen) atoms. The highest BCUT2D eigenvalue weighted by Crippen LogP contribution is 2.29. The molecule has 172 valence electrons. The normalized spacial score (nSPS) is 13.1. The average Bonchev–Trinajstić information content (AvgIpc) is 3.40. The zero-order chi connectivity index (χ0) is 23.8. The summed E-state index contributed by atoms with van der Waals surface area (Å²) >= 11 is 0. The van der Waals surface area contributed by atoms with Crippen molar-refractivity contribution in [3.05, 3.63) is 95.0 Å². The molecule has 0 saturated heterocycles. The van der Waals surface area contributed by atoms with E-state index in [1.54, 1.807) is 23.4 Å². The zero-order valence-electron chi connectivity index (χ0n) is 18.8. The number of aromatic nitrogens is 4. The molecule has 0 fully saturated rings. The van der Waals surface area contributed by atoms with Crippen molar-refractivity contribution in [2.24, 2.45) is 0 Å². The van der Waals surface area contributed by atoms with Crippen LogP contribution < -0.4 is 10.5 Å². The average molecular weight is 463 g/mol. The predicted molar refractivity (Wildman–Crippen MR) is 132 cm³/mol. The van der Waals surface area contributed by atoms with Gasteiger partial charge in [0.25, 0.3) is 11.4 Å². The Hall–Kier alpha value is -4.59. The fourth-order valence-corrected chi connectivity index (χ4v) is 4.63. The van der Waals surface area contributed by atoms with Crippen LogP contribution in [-0.2, 0) is 17.8 Å². The van der Waals surface area contributed by atoms with E-state index in [2.05, 4.69) is 21.2 Å². The number of amides is 1. The van der Waals surface area contributed by atoms with Gasteiger partial charge >= 0.3 is 0 Å². The van der Waals surface area contributed by atoms with Crippen LogP contribution in [0.15, 0.2) is 88.4 Å². The van der Waals surface area contributed by atoms with Crippen molar-refractivity contribution in [2.45, 2.75) is 19.4 Å². The second-order valence-corrected chi connectivity index (χ2v) is 8.44. The summed E-state index contributed by atoms with van der Waals surface area (Å²) < 4.78 is 7.02. The molecule has 1 aliphatic rings. The van der Waals surface area contributed by atoms with Gasteiger partial charge in [0.2, 0.25) is 11.7 Å². The van der Waals surface area contributed by atoms with Crippen LogP contribution >= 0.6 is 0 Å². The lowest BCUT2D eigenvalue weighted by Gasteiger charge is -2.29. The quantitative estimate of drug-likeness (QED) is 0.398. The minimum Gasteiger partial charge on any atom is -0.334 e. The number of carbonyl (C=O) groups is 1. The highest BCUT2D eigenvalue weighted by atomic mass is 16.5. The number of anilines is 1. The van der Waals surface area contributed by atoms with E-state index >= 15 is 0 Å². The molecule has 2 aromatic carbocycles. The van der Waals surface area contributed by atoms with Gasteiger partial charge in [0, 0.05) is 41.6 Å². The number of para-hydroxylation sites is 2. The Kier molecular flexibility index (Phi) is 5.18. The highest BCUT2D eigenvalue weighted by Gasteiger charge is 2.24. The van der Waals surface area contributed by atoms with Crippen LogP contribution in [-0.4, -0.2) is 32.1 Å². The van der Waals surface area contributed by atoms with Crippen molar-refractivity contribution in [1.82, 2.24) is 19.7 Å².